The summed E-state index contributed by atoms with van der Waals surface area (Å²) in [7, 11) is -1.49. The van der Waals surface area contributed by atoms with Gasteiger partial charge in [-0.25, -0.2) is 9.97 Å². The average Bonchev–Trinajstić information content (AvgIpc) is 2.38. The fourth-order valence-electron chi connectivity index (χ4n) is 1.32. The lowest BCUT2D eigenvalue weighted by Gasteiger charge is -2.06. The third kappa shape index (κ3) is 3.27. The summed E-state index contributed by atoms with van der Waals surface area (Å²) >= 11 is 0. The number of benzene rings is 1. The number of ether oxygens (including phenoxy) is 1. The fraction of sp³-hybridized carbons (Fsp3) is 0.0909. The van der Waals surface area contributed by atoms with Crippen molar-refractivity contribution in [3.8, 4) is 5.75 Å². The molecule has 2 N–H and O–H groups in total. The molecule has 6 heteroatoms. The Bertz CT molecular complexity index is 479. The highest BCUT2D eigenvalue weighted by Crippen LogP contribution is 2.09. The highest BCUT2D eigenvalue weighted by Gasteiger charge is 2.11. The molecule has 86 valence electrons. The first kappa shape index (κ1) is 11.6. The predicted octanol–water partition coefficient (Wildman–Crippen LogP) is -0.265. The molecule has 0 saturated carbocycles. The van der Waals surface area contributed by atoms with Crippen molar-refractivity contribution < 1.29 is 14.8 Å². The van der Waals surface area contributed by atoms with Crippen molar-refractivity contribution >= 4 is 12.6 Å². The standard InChI is InChI=1S/C11H11BN2O3/c15-12(16)9-3-1-4-10(7-9)17-8-11-13-5-2-6-14-11/h1-7,15-16H,8H2. The Morgan fingerprint density at radius 3 is 2.59 bits per heavy atom. The van der Waals surface area contributed by atoms with E-state index in [0.29, 0.717) is 17.0 Å². The Kier molecular flexibility index (Phi) is 3.69. The molecule has 0 aliphatic carbocycles. The van der Waals surface area contributed by atoms with E-state index in [1.54, 1.807) is 42.7 Å². The molecule has 2 rings (SSSR count). The monoisotopic (exact) mass is 230 g/mol. The molecule has 0 amide bonds. The van der Waals surface area contributed by atoms with Crippen LogP contribution in [-0.2, 0) is 6.61 Å². The first-order valence-electron chi connectivity index (χ1n) is 5.10. The molecule has 17 heavy (non-hydrogen) atoms. The minimum absolute atomic E-state index is 0.242. The van der Waals surface area contributed by atoms with Crippen LogP contribution in [0.4, 0.5) is 0 Å². The summed E-state index contributed by atoms with van der Waals surface area (Å²) in [4.78, 5) is 8.03. The number of aromatic nitrogens is 2. The van der Waals surface area contributed by atoms with Crippen LogP contribution < -0.4 is 10.2 Å². The van der Waals surface area contributed by atoms with Gasteiger partial charge in [0.2, 0.25) is 0 Å². The highest BCUT2D eigenvalue weighted by molar-refractivity contribution is 6.58. The van der Waals surface area contributed by atoms with E-state index in [1.807, 2.05) is 0 Å². The Hall–Kier alpha value is -1.92. The molecule has 0 fully saturated rings. The normalized spacial score (nSPS) is 10.0. The predicted molar refractivity (Wildman–Crippen MR) is 62.6 cm³/mol. The molecule has 0 spiro atoms. The molecule has 2 aromatic rings. The van der Waals surface area contributed by atoms with Crippen LogP contribution >= 0.6 is 0 Å². The fourth-order valence-corrected chi connectivity index (χ4v) is 1.32. The maximum absolute atomic E-state index is 9.01. The van der Waals surface area contributed by atoms with Gasteiger partial charge in [-0.15, -0.1) is 0 Å². The van der Waals surface area contributed by atoms with E-state index in [9.17, 15) is 0 Å². The van der Waals surface area contributed by atoms with E-state index in [2.05, 4.69) is 9.97 Å². The molecule has 5 nitrogen and oxygen atoms in total. The second kappa shape index (κ2) is 5.42. The van der Waals surface area contributed by atoms with Crippen LogP contribution in [0.15, 0.2) is 42.7 Å². The lowest BCUT2D eigenvalue weighted by molar-refractivity contribution is 0.296. The molecule has 1 heterocycles. The zero-order chi connectivity index (χ0) is 12.1. The first-order chi connectivity index (χ1) is 8.25. The summed E-state index contributed by atoms with van der Waals surface area (Å²) in [5, 5.41) is 18.0. The Labute approximate surface area is 98.9 Å². The smallest absolute Gasteiger partial charge is 0.486 e. The lowest BCUT2D eigenvalue weighted by Crippen LogP contribution is -2.29. The van der Waals surface area contributed by atoms with Crippen molar-refractivity contribution in [1.29, 1.82) is 0 Å². The van der Waals surface area contributed by atoms with Crippen LogP contribution in [0.3, 0.4) is 0 Å². The zero-order valence-corrected chi connectivity index (χ0v) is 9.02. The van der Waals surface area contributed by atoms with Crippen molar-refractivity contribution in [2.45, 2.75) is 6.61 Å². The molecule has 1 aromatic heterocycles. The molecular formula is C11H11BN2O3. The molecular weight excluding hydrogens is 219 g/mol. The molecule has 1 aromatic carbocycles. The zero-order valence-electron chi connectivity index (χ0n) is 9.02. The molecule has 0 bridgehead atoms. The average molecular weight is 230 g/mol. The maximum atomic E-state index is 9.01. The minimum Gasteiger partial charge on any atom is -0.486 e. The third-order valence-electron chi connectivity index (χ3n) is 2.14. The molecule has 0 saturated heterocycles. The Morgan fingerprint density at radius 2 is 1.88 bits per heavy atom. The van der Waals surface area contributed by atoms with Crippen molar-refractivity contribution in [3.63, 3.8) is 0 Å². The number of nitrogens with zero attached hydrogens (tertiary/aromatic N) is 2. The van der Waals surface area contributed by atoms with Crippen molar-refractivity contribution in [3.05, 3.63) is 48.5 Å². The van der Waals surface area contributed by atoms with Gasteiger partial charge >= 0.3 is 7.12 Å². The topological polar surface area (TPSA) is 75.5 Å². The van der Waals surface area contributed by atoms with Gasteiger partial charge in [0, 0.05) is 12.4 Å². The summed E-state index contributed by atoms with van der Waals surface area (Å²) in [6.45, 7) is 0.242. The van der Waals surface area contributed by atoms with Gasteiger partial charge in [-0.1, -0.05) is 12.1 Å². The minimum atomic E-state index is -1.49. The van der Waals surface area contributed by atoms with Gasteiger partial charge in [-0.05, 0) is 23.7 Å². The molecule has 0 atom stereocenters. The van der Waals surface area contributed by atoms with E-state index < -0.39 is 7.12 Å². The van der Waals surface area contributed by atoms with Crippen molar-refractivity contribution in [2.24, 2.45) is 0 Å². The van der Waals surface area contributed by atoms with Gasteiger partial charge in [0.05, 0.1) is 0 Å². The maximum Gasteiger partial charge on any atom is 0.488 e. The van der Waals surface area contributed by atoms with Crippen LogP contribution in [-0.4, -0.2) is 27.1 Å². The van der Waals surface area contributed by atoms with Crippen LogP contribution in [0, 0.1) is 0 Å². The van der Waals surface area contributed by atoms with Crippen LogP contribution in [0.2, 0.25) is 0 Å². The molecule has 0 unspecified atom stereocenters. The highest BCUT2D eigenvalue weighted by atomic mass is 16.5. The SMILES string of the molecule is OB(O)c1cccc(OCc2ncccn2)c1. The van der Waals surface area contributed by atoms with Crippen LogP contribution in [0.25, 0.3) is 0 Å². The van der Waals surface area contributed by atoms with Gasteiger partial charge in [0.15, 0.2) is 5.82 Å². The molecule has 0 aliphatic heterocycles. The molecule has 0 radical (unpaired) electrons. The number of hydrogen-bond donors (Lipinski definition) is 2. The number of hydrogen-bond acceptors (Lipinski definition) is 5. The summed E-state index contributed by atoms with van der Waals surface area (Å²) in [5.41, 5.74) is 0.386. The van der Waals surface area contributed by atoms with Gasteiger partial charge in [-0.2, -0.15) is 0 Å². The summed E-state index contributed by atoms with van der Waals surface area (Å²) in [6, 6.07) is 8.32. The van der Waals surface area contributed by atoms with E-state index in [0.717, 1.165) is 0 Å². The lowest BCUT2D eigenvalue weighted by atomic mass is 9.80. The van der Waals surface area contributed by atoms with Gasteiger partial charge in [-0.3, -0.25) is 0 Å². The van der Waals surface area contributed by atoms with E-state index in [4.69, 9.17) is 14.8 Å². The second-order valence-corrected chi connectivity index (χ2v) is 3.40. The second-order valence-electron chi connectivity index (χ2n) is 3.40. The Balaban J connectivity index is 2.02. The van der Waals surface area contributed by atoms with Gasteiger partial charge in [0.25, 0.3) is 0 Å². The summed E-state index contributed by atoms with van der Waals surface area (Å²) < 4.78 is 5.44. The number of rotatable bonds is 4. The quantitative estimate of drug-likeness (QED) is 0.707. The van der Waals surface area contributed by atoms with Gasteiger partial charge < -0.3 is 14.8 Å². The van der Waals surface area contributed by atoms with Crippen LogP contribution in [0.1, 0.15) is 5.82 Å². The molecule has 0 aliphatic rings. The van der Waals surface area contributed by atoms with E-state index in [1.165, 1.54) is 0 Å². The summed E-state index contributed by atoms with van der Waals surface area (Å²) in [5.74, 6) is 1.12. The van der Waals surface area contributed by atoms with Crippen LogP contribution in [0.5, 0.6) is 5.75 Å². The van der Waals surface area contributed by atoms with Crippen molar-refractivity contribution in [1.82, 2.24) is 9.97 Å². The largest absolute Gasteiger partial charge is 0.488 e. The van der Waals surface area contributed by atoms with Gasteiger partial charge in [0.1, 0.15) is 12.4 Å². The Morgan fingerprint density at radius 1 is 1.12 bits per heavy atom. The van der Waals surface area contributed by atoms with Crippen molar-refractivity contribution in [2.75, 3.05) is 0 Å². The third-order valence-corrected chi connectivity index (χ3v) is 2.14. The van der Waals surface area contributed by atoms with E-state index in [-0.39, 0.29) is 6.61 Å². The van der Waals surface area contributed by atoms with E-state index >= 15 is 0 Å². The summed E-state index contributed by atoms with van der Waals surface area (Å²) in [6.07, 6.45) is 3.28. The first-order valence-corrected chi connectivity index (χ1v) is 5.10.